The predicted molar refractivity (Wildman–Crippen MR) is 45.4 cm³/mol. The van der Waals surface area contributed by atoms with Gasteiger partial charge >= 0.3 is 0 Å². The van der Waals surface area contributed by atoms with Crippen LogP contribution in [0.2, 0.25) is 0 Å². The lowest BCUT2D eigenvalue weighted by Gasteiger charge is -2.22. The maximum Gasteiger partial charge on any atom is 0.129 e. The molecule has 1 N–H and O–H groups in total. The fourth-order valence-corrected chi connectivity index (χ4v) is 0.633. The Morgan fingerprint density at radius 1 is 1.55 bits per heavy atom. The summed E-state index contributed by atoms with van der Waals surface area (Å²) in [5.41, 5.74) is -0.176. The minimum Gasteiger partial charge on any atom is -0.386 e. The fraction of sp³-hybridized carbons (Fsp3) is 0.667. The van der Waals surface area contributed by atoms with E-state index in [1.165, 1.54) is 6.92 Å². The van der Waals surface area contributed by atoms with E-state index in [9.17, 15) is 9.90 Å². The molecular formula is C9H16O2. The van der Waals surface area contributed by atoms with E-state index in [0.29, 0.717) is 18.4 Å². The standard InChI is InChI=1S/C9H16O2/c1-7(2)9(4,11)6-5-8(3)10/h11H,1,5-6H2,2-4H3. The molecule has 0 amide bonds. The first-order chi connectivity index (χ1) is 4.86. The summed E-state index contributed by atoms with van der Waals surface area (Å²) >= 11 is 0. The van der Waals surface area contributed by atoms with Crippen LogP contribution in [0, 0.1) is 0 Å². The molecule has 1 atom stereocenters. The summed E-state index contributed by atoms with van der Waals surface area (Å²) in [6, 6.07) is 0. The number of ketones is 1. The molecule has 0 aromatic rings. The molecule has 2 nitrogen and oxygen atoms in total. The van der Waals surface area contributed by atoms with Crippen LogP contribution < -0.4 is 0 Å². The Labute approximate surface area is 67.9 Å². The van der Waals surface area contributed by atoms with Crippen molar-refractivity contribution < 1.29 is 9.90 Å². The Hall–Kier alpha value is -0.630. The van der Waals surface area contributed by atoms with Crippen LogP contribution in [0.15, 0.2) is 12.2 Å². The molecule has 64 valence electrons. The Bertz CT molecular complexity index is 168. The quantitative estimate of drug-likeness (QED) is 0.629. The maximum atomic E-state index is 10.6. The van der Waals surface area contributed by atoms with Crippen molar-refractivity contribution in [1.82, 2.24) is 0 Å². The summed E-state index contributed by atoms with van der Waals surface area (Å²) in [5, 5.41) is 9.59. The lowest BCUT2D eigenvalue weighted by atomic mass is 9.92. The minimum atomic E-state index is -0.883. The van der Waals surface area contributed by atoms with Gasteiger partial charge in [-0.25, -0.2) is 0 Å². The first-order valence-electron chi connectivity index (χ1n) is 3.74. The number of hydrogen-bond acceptors (Lipinski definition) is 2. The van der Waals surface area contributed by atoms with E-state index < -0.39 is 5.60 Å². The van der Waals surface area contributed by atoms with E-state index in [0.717, 1.165) is 0 Å². The van der Waals surface area contributed by atoms with Crippen LogP contribution >= 0.6 is 0 Å². The van der Waals surface area contributed by atoms with Crippen molar-refractivity contribution in [1.29, 1.82) is 0 Å². The van der Waals surface area contributed by atoms with E-state index in [2.05, 4.69) is 6.58 Å². The van der Waals surface area contributed by atoms with Gasteiger partial charge in [0.05, 0.1) is 5.60 Å². The molecule has 0 aliphatic heterocycles. The molecule has 0 saturated carbocycles. The van der Waals surface area contributed by atoms with Gasteiger partial charge in [-0.2, -0.15) is 0 Å². The molecule has 0 bridgehead atoms. The molecule has 0 radical (unpaired) electrons. The third-order valence-electron chi connectivity index (χ3n) is 1.88. The first-order valence-corrected chi connectivity index (χ1v) is 3.74. The zero-order valence-corrected chi connectivity index (χ0v) is 7.48. The summed E-state index contributed by atoms with van der Waals surface area (Å²) in [4.78, 5) is 10.6. The molecule has 0 heterocycles. The zero-order chi connectivity index (χ0) is 9.07. The van der Waals surface area contributed by atoms with Gasteiger partial charge in [0.25, 0.3) is 0 Å². The molecule has 1 unspecified atom stereocenters. The second kappa shape index (κ2) is 3.67. The average Bonchev–Trinajstić information content (AvgIpc) is 1.84. The van der Waals surface area contributed by atoms with Crippen LogP contribution in [0.5, 0.6) is 0 Å². The molecule has 0 aliphatic carbocycles. The van der Waals surface area contributed by atoms with E-state index >= 15 is 0 Å². The van der Waals surface area contributed by atoms with Crippen molar-refractivity contribution >= 4 is 5.78 Å². The lowest BCUT2D eigenvalue weighted by molar-refractivity contribution is -0.117. The fourth-order valence-electron chi connectivity index (χ4n) is 0.633. The second-order valence-electron chi connectivity index (χ2n) is 3.26. The molecular weight excluding hydrogens is 140 g/mol. The van der Waals surface area contributed by atoms with Gasteiger partial charge in [-0.15, -0.1) is 0 Å². The van der Waals surface area contributed by atoms with Crippen LogP contribution in [0.1, 0.15) is 33.6 Å². The van der Waals surface area contributed by atoms with E-state index in [1.807, 2.05) is 0 Å². The smallest absolute Gasteiger partial charge is 0.129 e. The Morgan fingerprint density at radius 2 is 2.00 bits per heavy atom. The van der Waals surface area contributed by atoms with Crippen LogP contribution in [0.3, 0.4) is 0 Å². The summed E-state index contributed by atoms with van der Waals surface area (Å²) in [6.45, 7) is 8.61. The number of carbonyl (C=O) groups excluding carboxylic acids is 1. The average molecular weight is 156 g/mol. The molecule has 0 aromatic carbocycles. The van der Waals surface area contributed by atoms with Crippen molar-refractivity contribution in [2.45, 2.75) is 39.2 Å². The highest BCUT2D eigenvalue weighted by Crippen LogP contribution is 2.19. The van der Waals surface area contributed by atoms with Crippen molar-refractivity contribution in [3.05, 3.63) is 12.2 Å². The SMILES string of the molecule is C=C(C)C(C)(O)CCC(C)=O. The Morgan fingerprint density at radius 3 is 2.27 bits per heavy atom. The monoisotopic (exact) mass is 156 g/mol. The summed E-state index contributed by atoms with van der Waals surface area (Å²) in [7, 11) is 0. The molecule has 0 saturated heterocycles. The molecule has 0 spiro atoms. The van der Waals surface area contributed by atoms with E-state index in [-0.39, 0.29) is 5.78 Å². The second-order valence-corrected chi connectivity index (χ2v) is 3.26. The van der Waals surface area contributed by atoms with Gasteiger partial charge in [0.1, 0.15) is 5.78 Å². The van der Waals surface area contributed by atoms with Crippen molar-refractivity contribution in [3.8, 4) is 0 Å². The number of hydrogen-bond donors (Lipinski definition) is 1. The molecule has 0 aromatic heterocycles. The number of rotatable bonds is 4. The highest BCUT2D eigenvalue weighted by Gasteiger charge is 2.20. The Kier molecular flexibility index (Phi) is 3.46. The zero-order valence-electron chi connectivity index (χ0n) is 7.48. The number of aliphatic hydroxyl groups is 1. The van der Waals surface area contributed by atoms with Crippen LogP contribution in [-0.4, -0.2) is 16.5 Å². The van der Waals surface area contributed by atoms with Gasteiger partial charge in [0.2, 0.25) is 0 Å². The molecule has 11 heavy (non-hydrogen) atoms. The lowest BCUT2D eigenvalue weighted by Crippen LogP contribution is -2.25. The van der Waals surface area contributed by atoms with Gasteiger partial charge in [0.15, 0.2) is 0 Å². The van der Waals surface area contributed by atoms with Crippen LogP contribution in [0.4, 0.5) is 0 Å². The molecule has 2 heteroatoms. The van der Waals surface area contributed by atoms with Gasteiger partial charge in [-0.1, -0.05) is 6.58 Å². The van der Waals surface area contributed by atoms with Gasteiger partial charge in [-0.3, -0.25) is 0 Å². The predicted octanol–water partition coefficient (Wildman–Crippen LogP) is 1.68. The highest BCUT2D eigenvalue weighted by atomic mass is 16.3. The highest BCUT2D eigenvalue weighted by molar-refractivity contribution is 5.75. The summed E-state index contributed by atoms with van der Waals surface area (Å²) < 4.78 is 0. The third-order valence-corrected chi connectivity index (χ3v) is 1.88. The van der Waals surface area contributed by atoms with E-state index in [4.69, 9.17) is 0 Å². The van der Waals surface area contributed by atoms with Gasteiger partial charge in [0, 0.05) is 6.42 Å². The molecule has 0 aliphatic rings. The summed E-state index contributed by atoms with van der Waals surface area (Å²) in [6.07, 6.45) is 0.886. The molecule has 0 rings (SSSR count). The van der Waals surface area contributed by atoms with Gasteiger partial charge < -0.3 is 9.90 Å². The van der Waals surface area contributed by atoms with Crippen molar-refractivity contribution in [3.63, 3.8) is 0 Å². The normalized spacial score (nSPS) is 15.6. The largest absolute Gasteiger partial charge is 0.386 e. The number of carbonyl (C=O) groups is 1. The topological polar surface area (TPSA) is 37.3 Å². The van der Waals surface area contributed by atoms with E-state index in [1.54, 1.807) is 13.8 Å². The third kappa shape index (κ3) is 3.94. The number of Topliss-reactive ketones (excluding diaryl/α,β-unsaturated/α-hetero) is 1. The molecule has 0 fully saturated rings. The summed E-state index contributed by atoms with van der Waals surface area (Å²) in [5.74, 6) is 0.103. The first kappa shape index (κ1) is 10.4. The van der Waals surface area contributed by atoms with Gasteiger partial charge in [-0.05, 0) is 32.8 Å². The van der Waals surface area contributed by atoms with Crippen molar-refractivity contribution in [2.24, 2.45) is 0 Å². The minimum absolute atomic E-state index is 0.103. The van der Waals surface area contributed by atoms with Crippen LogP contribution in [0.25, 0.3) is 0 Å². The maximum absolute atomic E-state index is 10.6. The van der Waals surface area contributed by atoms with Crippen molar-refractivity contribution in [2.75, 3.05) is 0 Å². The Balaban J connectivity index is 3.92. The van der Waals surface area contributed by atoms with Crippen LogP contribution in [-0.2, 0) is 4.79 Å².